The predicted molar refractivity (Wildman–Crippen MR) is 102 cm³/mol. The van der Waals surface area contributed by atoms with Crippen LogP contribution in [0.15, 0.2) is 66.0 Å². The fourth-order valence-corrected chi connectivity index (χ4v) is 3.53. The first-order valence-corrected chi connectivity index (χ1v) is 9.16. The summed E-state index contributed by atoms with van der Waals surface area (Å²) in [5.41, 5.74) is 1.50. The van der Waals surface area contributed by atoms with Gasteiger partial charge < -0.3 is 4.74 Å². The standard InChI is InChI=1S/C20H14F3N3OS/c1-27-15-9-7-14(8-10-15)17-11-18(20(21,22)23)25-26(17)19-24-16(12-28-19)13-5-3-2-4-6-13/h2-12H,1H3. The van der Waals surface area contributed by atoms with Crippen molar-refractivity contribution in [2.75, 3.05) is 7.11 Å². The summed E-state index contributed by atoms with van der Waals surface area (Å²) in [4.78, 5) is 4.49. The first-order chi connectivity index (χ1) is 13.5. The number of benzene rings is 2. The molecular weight excluding hydrogens is 387 g/mol. The SMILES string of the molecule is COc1ccc(-c2cc(C(F)(F)F)nn2-c2nc(-c3ccccc3)cs2)cc1. The maximum atomic E-state index is 13.3. The largest absolute Gasteiger partial charge is 0.497 e. The second-order valence-corrected chi connectivity index (χ2v) is 6.77. The average Bonchev–Trinajstić information content (AvgIpc) is 3.36. The Labute approximate surface area is 162 Å². The minimum absolute atomic E-state index is 0.309. The molecule has 2 aromatic carbocycles. The summed E-state index contributed by atoms with van der Waals surface area (Å²) in [6, 6.07) is 17.2. The van der Waals surface area contributed by atoms with Crippen LogP contribution in [0.4, 0.5) is 13.2 Å². The highest BCUT2D eigenvalue weighted by Gasteiger charge is 2.35. The van der Waals surface area contributed by atoms with Crippen LogP contribution in [0.1, 0.15) is 5.69 Å². The summed E-state index contributed by atoms with van der Waals surface area (Å²) in [5.74, 6) is 0.617. The predicted octanol–water partition coefficient (Wildman–Crippen LogP) is 5.69. The lowest BCUT2D eigenvalue weighted by molar-refractivity contribution is -0.141. The number of halogens is 3. The molecule has 0 unspecified atom stereocenters. The molecule has 4 rings (SSSR count). The zero-order valence-corrected chi connectivity index (χ0v) is 15.5. The van der Waals surface area contributed by atoms with E-state index >= 15 is 0 Å². The van der Waals surface area contributed by atoms with Crippen LogP contribution >= 0.6 is 11.3 Å². The van der Waals surface area contributed by atoms with Crippen molar-refractivity contribution in [1.29, 1.82) is 0 Å². The Hall–Kier alpha value is -3.13. The van der Waals surface area contributed by atoms with Gasteiger partial charge in [-0.1, -0.05) is 30.3 Å². The zero-order valence-electron chi connectivity index (χ0n) is 14.6. The summed E-state index contributed by atoms with van der Waals surface area (Å²) >= 11 is 1.24. The van der Waals surface area contributed by atoms with Crippen molar-refractivity contribution in [2.24, 2.45) is 0 Å². The monoisotopic (exact) mass is 401 g/mol. The smallest absolute Gasteiger partial charge is 0.435 e. The van der Waals surface area contributed by atoms with Crippen LogP contribution in [0, 0.1) is 0 Å². The number of methoxy groups -OCH3 is 1. The number of alkyl halides is 3. The molecule has 4 aromatic rings. The molecule has 0 amide bonds. The molecule has 0 radical (unpaired) electrons. The highest BCUT2D eigenvalue weighted by molar-refractivity contribution is 7.12. The summed E-state index contributed by atoms with van der Waals surface area (Å²) in [6.45, 7) is 0. The fraction of sp³-hybridized carbons (Fsp3) is 0.100. The van der Waals surface area contributed by atoms with Gasteiger partial charge in [0.25, 0.3) is 0 Å². The van der Waals surface area contributed by atoms with Crippen molar-refractivity contribution in [3.8, 4) is 33.4 Å². The van der Waals surface area contributed by atoms with E-state index in [0.29, 0.717) is 27.8 Å². The molecule has 142 valence electrons. The third-order valence-corrected chi connectivity index (χ3v) is 4.94. The molecule has 2 aromatic heterocycles. The third-order valence-electron chi connectivity index (χ3n) is 4.13. The molecule has 0 aliphatic carbocycles. The summed E-state index contributed by atoms with van der Waals surface area (Å²) < 4.78 is 46.2. The van der Waals surface area contributed by atoms with E-state index in [2.05, 4.69) is 10.1 Å². The highest BCUT2D eigenvalue weighted by atomic mass is 32.1. The molecule has 0 aliphatic rings. The number of ether oxygens (including phenoxy) is 1. The minimum Gasteiger partial charge on any atom is -0.497 e. The molecule has 0 aliphatic heterocycles. The van der Waals surface area contributed by atoms with Crippen molar-refractivity contribution < 1.29 is 17.9 Å². The first-order valence-electron chi connectivity index (χ1n) is 8.29. The summed E-state index contributed by atoms with van der Waals surface area (Å²) in [5, 5.41) is 5.95. The van der Waals surface area contributed by atoms with Gasteiger partial charge in [0.05, 0.1) is 18.5 Å². The van der Waals surface area contributed by atoms with Crippen LogP contribution in [-0.4, -0.2) is 21.9 Å². The molecule has 0 spiro atoms. The Morgan fingerprint density at radius 1 is 0.964 bits per heavy atom. The normalized spacial score (nSPS) is 11.6. The van der Waals surface area contributed by atoms with Crippen LogP contribution in [-0.2, 0) is 6.18 Å². The number of hydrogen-bond donors (Lipinski definition) is 0. The van der Waals surface area contributed by atoms with E-state index in [-0.39, 0.29) is 0 Å². The number of rotatable bonds is 4. The molecular formula is C20H14F3N3OS. The highest BCUT2D eigenvalue weighted by Crippen LogP contribution is 2.35. The van der Waals surface area contributed by atoms with Gasteiger partial charge in [-0.2, -0.15) is 18.3 Å². The molecule has 0 fully saturated rings. The number of nitrogens with zero attached hydrogens (tertiary/aromatic N) is 3. The number of thiazole rings is 1. The van der Waals surface area contributed by atoms with Crippen molar-refractivity contribution in [3.05, 3.63) is 71.7 Å². The van der Waals surface area contributed by atoms with Gasteiger partial charge in [-0.15, -0.1) is 11.3 Å². The van der Waals surface area contributed by atoms with Gasteiger partial charge in [0.15, 0.2) is 5.69 Å². The van der Waals surface area contributed by atoms with Crippen molar-refractivity contribution in [2.45, 2.75) is 6.18 Å². The topological polar surface area (TPSA) is 39.9 Å². The van der Waals surface area contributed by atoms with Crippen LogP contribution in [0.2, 0.25) is 0 Å². The van der Waals surface area contributed by atoms with Gasteiger partial charge in [0.2, 0.25) is 5.13 Å². The molecule has 2 heterocycles. The maximum absolute atomic E-state index is 13.3. The van der Waals surface area contributed by atoms with E-state index < -0.39 is 11.9 Å². The fourth-order valence-electron chi connectivity index (χ4n) is 2.74. The van der Waals surface area contributed by atoms with E-state index in [4.69, 9.17) is 4.74 Å². The molecule has 0 saturated heterocycles. The van der Waals surface area contributed by atoms with Crippen LogP contribution in [0.3, 0.4) is 0 Å². The molecule has 0 N–H and O–H groups in total. The van der Waals surface area contributed by atoms with E-state index in [0.717, 1.165) is 11.6 Å². The Bertz CT molecular complexity index is 1090. The second-order valence-electron chi connectivity index (χ2n) is 5.93. The van der Waals surface area contributed by atoms with E-state index in [1.165, 1.54) is 23.1 Å². The first kappa shape index (κ1) is 18.2. The molecule has 8 heteroatoms. The van der Waals surface area contributed by atoms with Gasteiger partial charge in [-0.05, 0) is 30.3 Å². The quantitative estimate of drug-likeness (QED) is 0.441. The Morgan fingerprint density at radius 3 is 2.32 bits per heavy atom. The van der Waals surface area contributed by atoms with Crippen molar-refractivity contribution >= 4 is 11.3 Å². The van der Waals surface area contributed by atoms with Crippen molar-refractivity contribution in [1.82, 2.24) is 14.8 Å². The van der Waals surface area contributed by atoms with E-state index in [1.807, 2.05) is 30.3 Å². The lowest BCUT2D eigenvalue weighted by Gasteiger charge is -2.05. The van der Waals surface area contributed by atoms with Gasteiger partial charge in [-0.3, -0.25) is 0 Å². The van der Waals surface area contributed by atoms with Gasteiger partial charge in [0, 0.05) is 16.5 Å². The van der Waals surface area contributed by atoms with Gasteiger partial charge in [-0.25, -0.2) is 9.67 Å². The molecule has 0 bridgehead atoms. The maximum Gasteiger partial charge on any atom is 0.435 e. The summed E-state index contributed by atoms with van der Waals surface area (Å²) in [6.07, 6.45) is -4.55. The zero-order chi connectivity index (χ0) is 19.7. The molecule has 0 atom stereocenters. The minimum atomic E-state index is -4.55. The third kappa shape index (κ3) is 3.50. The average molecular weight is 401 g/mol. The van der Waals surface area contributed by atoms with E-state index in [9.17, 15) is 13.2 Å². The Kier molecular flexibility index (Phi) is 4.64. The Balaban J connectivity index is 1.81. The van der Waals surface area contributed by atoms with Crippen LogP contribution < -0.4 is 4.74 Å². The van der Waals surface area contributed by atoms with Crippen molar-refractivity contribution in [3.63, 3.8) is 0 Å². The lowest BCUT2D eigenvalue weighted by Crippen LogP contribution is -2.07. The van der Waals surface area contributed by atoms with Crippen LogP contribution in [0.25, 0.3) is 27.6 Å². The van der Waals surface area contributed by atoms with E-state index in [1.54, 1.807) is 29.6 Å². The second kappa shape index (κ2) is 7.12. The molecule has 4 nitrogen and oxygen atoms in total. The van der Waals surface area contributed by atoms with Gasteiger partial charge >= 0.3 is 6.18 Å². The molecule has 0 saturated carbocycles. The summed E-state index contributed by atoms with van der Waals surface area (Å²) in [7, 11) is 1.53. The Morgan fingerprint density at radius 2 is 1.68 bits per heavy atom. The lowest BCUT2D eigenvalue weighted by atomic mass is 10.1. The van der Waals surface area contributed by atoms with Crippen LogP contribution in [0.5, 0.6) is 5.75 Å². The number of aromatic nitrogens is 3. The number of hydrogen-bond acceptors (Lipinski definition) is 4. The molecule has 28 heavy (non-hydrogen) atoms. The van der Waals surface area contributed by atoms with Gasteiger partial charge in [0.1, 0.15) is 5.75 Å².